The van der Waals surface area contributed by atoms with Gasteiger partial charge in [-0.05, 0) is 24.1 Å². The monoisotopic (exact) mass is 249 g/mol. The van der Waals surface area contributed by atoms with E-state index in [9.17, 15) is 22.4 Å². The summed E-state index contributed by atoms with van der Waals surface area (Å²) in [6.07, 6.45) is -4.59. The smallest absolute Gasteiger partial charge is 0.369 e. The van der Waals surface area contributed by atoms with Gasteiger partial charge in [-0.15, -0.1) is 0 Å². The molecule has 0 fully saturated rings. The first-order chi connectivity index (χ1) is 7.71. The van der Waals surface area contributed by atoms with Gasteiger partial charge < -0.3 is 5.73 Å². The van der Waals surface area contributed by atoms with Crippen LogP contribution in [0.2, 0.25) is 0 Å². The van der Waals surface area contributed by atoms with Crippen LogP contribution in [-0.4, -0.2) is 5.91 Å². The van der Waals surface area contributed by atoms with E-state index >= 15 is 0 Å². The summed E-state index contributed by atoms with van der Waals surface area (Å²) in [6.45, 7) is 1.53. The van der Waals surface area contributed by atoms with Crippen molar-refractivity contribution in [3.63, 3.8) is 0 Å². The molecule has 0 aliphatic rings. The zero-order valence-electron chi connectivity index (χ0n) is 9.01. The number of hydrogen-bond donors (Lipinski definition) is 1. The van der Waals surface area contributed by atoms with Gasteiger partial charge in [0.15, 0.2) is 0 Å². The van der Waals surface area contributed by atoms with Gasteiger partial charge in [0.2, 0.25) is 5.91 Å². The van der Waals surface area contributed by atoms with Gasteiger partial charge in [0.05, 0.1) is 5.56 Å². The molecule has 0 saturated carbocycles. The van der Waals surface area contributed by atoms with E-state index in [2.05, 4.69) is 0 Å². The van der Waals surface area contributed by atoms with Gasteiger partial charge in [0, 0.05) is 5.92 Å². The molecule has 0 aliphatic carbocycles. The van der Waals surface area contributed by atoms with E-state index in [1.54, 1.807) is 0 Å². The fourth-order valence-corrected chi connectivity index (χ4v) is 1.37. The van der Waals surface area contributed by atoms with Crippen molar-refractivity contribution in [3.8, 4) is 0 Å². The molecule has 0 bridgehead atoms. The Morgan fingerprint density at radius 2 is 2.00 bits per heavy atom. The topological polar surface area (TPSA) is 43.1 Å². The van der Waals surface area contributed by atoms with Crippen LogP contribution in [0.15, 0.2) is 18.2 Å². The van der Waals surface area contributed by atoms with E-state index in [0.29, 0.717) is 11.6 Å². The molecule has 1 atom stereocenters. The second kappa shape index (κ2) is 4.73. The minimum atomic E-state index is -4.71. The Hall–Kier alpha value is -1.59. The summed E-state index contributed by atoms with van der Waals surface area (Å²) in [5.41, 5.74) is 4.00. The van der Waals surface area contributed by atoms with Gasteiger partial charge in [-0.25, -0.2) is 4.39 Å². The Morgan fingerprint density at radius 3 is 2.41 bits per heavy atom. The highest BCUT2D eigenvalue weighted by molar-refractivity contribution is 5.76. The lowest BCUT2D eigenvalue weighted by Gasteiger charge is -2.11. The Bertz CT molecular complexity index is 428. The Kier molecular flexibility index (Phi) is 3.75. The molecular weight excluding hydrogens is 238 g/mol. The number of benzene rings is 1. The van der Waals surface area contributed by atoms with Crippen LogP contribution in [0, 0.1) is 11.7 Å². The quantitative estimate of drug-likeness (QED) is 0.822. The number of halogens is 4. The predicted octanol–water partition coefficient (Wildman–Crippen LogP) is 2.51. The molecule has 2 N–H and O–H groups in total. The van der Waals surface area contributed by atoms with Gasteiger partial charge in [-0.1, -0.05) is 13.0 Å². The van der Waals surface area contributed by atoms with E-state index in [-0.39, 0.29) is 6.42 Å². The van der Waals surface area contributed by atoms with Gasteiger partial charge in [0.25, 0.3) is 0 Å². The predicted molar refractivity (Wildman–Crippen MR) is 53.5 cm³/mol. The maximum Gasteiger partial charge on any atom is 0.419 e. The minimum Gasteiger partial charge on any atom is -0.369 e. The number of rotatable bonds is 3. The van der Waals surface area contributed by atoms with Crippen molar-refractivity contribution in [3.05, 3.63) is 35.1 Å². The summed E-state index contributed by atoms with van der Waals surface area (Å²) in [5, 5.41) is 0. The van der Waals surface area contributed by atoms with Crippen LogP contribution in [0.5, 0.6) is 0 Å². The Balaban J connectivity index is 2.94. The molecule has 0 heterocycles. The standard InChI is InChI=1S/C11H11F4NO/c1-6(10(16)17)4-7-2-3-8(9(12)5-7)11(13,14)15/h2-3,5-6H,4H2,1H3,(H2,16,17)/t6-/m1/s1. The first-order valence-electron chi connectivity index (χ1n) is 4.86. The molecular formula is C11H11F4NO. The van der Waals surface area contributed by atoms with Gasteiger partial charge in [-0.2, -0.15) is 13.2 Å². The second-order valence-electron chi connectivity index (χ2n) is 3.82. The van der Waals surface area contributed by atoms with Crippen LogP contribution >= 0.6 is 0 Å². The third kappa shape index (κ3) is 3.44. The van der Waals surface area contributed by atoms with Crippen LogP contribution in [0.25, 0.3) is 0 Å². The molecule has 0 saturated heterocycles. The highest BCUT2D eigenvalue weighted by Crippen LogP contribution is 2.31. The fraction of sp³-hybridized carbons (Fsp3) is 0.364. The van der Waals surface area contributed by atoms with Crippen LogP contribution in [0.4, 0.5) is 17.6 Å². The molecule has 1 aromatic rings. The van der Waals surface area contributed by atoms with Crippen molar-refractivity contribution in [2.75, 3.05) is 0 Å². The highest BCUT2D eigenvalue weighted by atomic mass is 19.4. The minimum absolute atomic E-state index is 0.115. The molecule has 0 radical (unpaired) electrons. The molecule has 1 aromatic carbocycles. The average molecular weight is 249 g/mol. The maximum absolute atomic E-state index is 13.2. The van der Waals surface area contributed by atoms with Crippen molar-refractivity contribution in [2.45, 2.75) is 19.5 Å². The summed E-state index contributed by atoms with van der Waals surface area (Å²) in [7, 11) is 0. The van der Waals surface area contributed by atoms with Crippen molar-refractivity contribution >= 4 is 5.91 Å². The summed E-state index contributed by atoms with van der Waals surface area (Å²) < 4.78 is 49.9. The number of hydrogen-bond acceptors (Lipinski definition) is 1. The van der Waals surface area contributed by atoms with Crippen molar-refractivity contribution in [2.24, 2.45) is 11.7 Å². The van der Waals surface area contributed by atoms with Crippen LogP contribution in [0.3, 0.4) is 0 Å². The first-order valence-corrected chi connectivity index (χ1v) is 4.86. The molecule has 1 rings (SSSR count). The number of carbonyl (C=O) groups excluding carboxylic acids is 1. The second-order valence-corrected chi connectivity index (χ2v) is 3.82. The van der Waals surface area contributed by atoms with Gasteiger partial charge in [0.1, 0.15) is 5.82 Å². The summed E-state index contributed by atoms with van der Waals surface area (Å²) >= 11 is 0. The number of nitrogens with two attached hydrogens (primary N) is 1. The number of alkyl halides is 3. The van der Waals surface area contributed by atoms with E-state index < -0.39 is 29.4 Å². The number of primary amides is 1. The third-order valence-electron chi connectivity index (χ3n) is 2.37. The average Bonchev–Trinajstić information content (AvgIpc) is 2.15. The Labute approximate surface area is 95.4 Å². The van der Waals surface area contributed by atoms with Crippen LogP contribution < -0.4 is 5.73 Å². The third-order valence-corrected chi connectivity index (χ3v) is 2.37. The maximum atomic E-state index is 13.2. The molecule has 0 aromatic heterocycles. The van der Waals surface area contributed by atoms with Crippen molar-refractivity contribution in [1.82, 2.24) is 0 Å². The number of carbonyl (C=O) groups is 1. The first kappa shape index (κ1) is 13.5. The summed E-state index contributed by atoms with van der Waals surface area (Å²) in [4.78, 5) is 10.8. The largest absolute Gasteiger partial charge is 0.419 e. The van der Waals surface area contributed by atoms with Gasteiger partial charge >= 0.3 is 6.18 Å². The van der Waals surface area contributed by atoms with Crippen molar-refractivity contribution < 1.29 is 22.4 Å². The van der Waals surface area contributed by atoms with Gasteiger partial charge in [-0.3, -0.25) is 4.79 Å². The lowest BCUT2D eigenvalue weighted by molar-refractivity contribution is -0.140. The summed E-state index contributed by atoms with van der Waals surface area (Å²) in [5.74, 6) is -2.47. The number of amides is 1. The molecule has 0 spiro atoms. The van der Waals surface area contributed by atoms with E-state index in [0.717, 1.165) is 12.1 Å². The molecule has 2 nitrogen and oxygen atoms in total. The molecule has 6 heteroatoms. The van der Waals surface area contributed by atoms with E-state index in [1.807, 2.05) is 0 Å². The lowest BCUT2D eigenvalue weighted by atomic mass is 9.99. The molecule has 1 amide bonds. The van der Waals surface area contributed by atoms with Crippen LogP contribution in [-0.2, 0) is 17.4 Å². The normalized spacial score (nSPS) is 13.5. The van der Waals surface area contributed by atoms with E-state index in [4.69, 9.17) is 5.73 Å². The zero-order chi connectivity index (χ0) is 13.2. The molecule has 17 heavy (non-hydrogen) atoms. The fourth-order valence-electron chi connectivity index (χ4n) is 1.37. The molecule has 94 valence electrons. The zero-order valence-corrected chi connectivity index (χ0v) is 9.01. The van der Waals surface area contributed by atoms with E-state index in [1.165, 1.54) is 6.92 Å². The molecule has 0 unspecified atom stereocenters. The van der Waals surface area contributed by atoms with Crippen molar-refractivity contribution in [1.29, 1.82) is 0 Å². The lowest BCUT2D eigenvalue weighted by Crippen LogP contribution is -2.22. The molecule has 0 aliphatic heterocycles. The van der Waals surface area contributed by atoms with Crippen LogP contribution in [0.1, 0.15) is 18.1 Å². The Morgan fingerprint density at radius 1 is 1.41 bits per heavy atom. The SMILES string of the molecule is C[C@H](Cc1ccc(C(F)(F)F)c(F)c1)C(N)=O. The highest BCUT2D eigenvalue weighted by Gasteiger charge is 2.33. The summed E-state index contributed by atoms with van der Waals surface area (Å²) in [6, 6.07) is 2.59.